The molecule has 1 aliphatic heterocycles. The van der Waals surface area contributed by atoms with Gasteiger partial charge in [0, 0.05) is 55.2 Å². The minimum absolute atomic E-state index is 0.181. The topological polar surface area (TPSA) is 80.0 Å². The molecule has 1 fully saturated rings. The summed E-state index contributed by atoms with van der Waals surface area (Å²) in [6.07, 6.45) is -0.955. The van der Waals surface area contributed by atoms with Crippen molar-refractivity contribution in [2.75, 3.05) is 31.1 Å². The predicted octanol–water partition coefficient (Wildman–Crippen LogP) is 6.37. The molecule has 0 atom stereocenters. The number of aryl methyl sites for hydroxylation is 1. The van der Waals surface area contributed by atoms with Crippen molar-refractivity contribution in [2.24, 2.45) is 0 Å². The molecule has 220 valence electrons. The van der Waals surface area contributed by atoms with Crippen LogP contribution in [0.5, 0.6) is 0 Å². The van der Waals surface area contributed by atoms with E-state index in [0.717, 1.165) is 34.0 Å². The first kappa shape index (κ1) is 28.9. The number of hydrogen-bond donors (Lipinski definition) is 0. The number of benzene rings is 2. The van der Waals surface area contributed by atoms with Crippen molar-refractivity contribution in [3.8, 4) is 17.1 Å². The molecular formula is C30H26F3N7OS2. The maximum absolute atomic E-state index is 13.2. The fraction of sp³-hybridized carbons (Fsp3) is 0.233. The van der Waals surface area contributed by atoms with E-state index in [1.807, 2.05) is 52.8 Å². The molecule has 2 aromatic carbocycles. The van der Waals surface area contributed by atoms with E-state index in [9.17, 15) is 18.0 Å². The molecule has 4 heterocycles. The van der Waals surface area contributed by atoms with Gasteiger partial charge in [-0.2, -0.15) is 13.2 Å². The van der Waals surface area contributed by atoms with Crippen molar-refractivity contribution < 1.29 is 18.0 Å². The maximum atomic E-state index is 13.2. The number of rotatable bonds is 7. The van der Waals surface area contributed by atoms with Gasteiger partial charge < -0.3 is 9.80 Å². The maximum Gasteiger partial charge on any atom is 0.416 e. The van der Waals surface area contributed by atoms with E-state index >= 15 is 0 Å². The molecule has 5 aromatic rings. The third kappa shape index (κ3) is 6.27. The summed E-state index contributed by atoms with van der Waals surface area (Å²) in [5.41, 5.74) is 3.14. The lowest BCUT2D eigenvalue weighted by Gasteiger charge is -2.36. The first-order valence-corrected chi connectivity index (χ1v) is 15.3. The zero-order valence-corrected chi connectivity index (χ0v) is 24.7. The smallest absolute Gasteiger partial charge is 0.368 e. The highest BCUT2D eigenvalue weighted by molar-refractivity contribution is 7.98. The molecule has 0 radical (unpaired) electrons. The first-order valence-electron chi connectivity index (χ1n) is 13.5. The van der Waals surface area contributed by atoms with Gasteiger partial charge in [0.05, 0.1) is 17.0 Å². The third-order valence-electron chi connectivity index (χ3n) is 7.13. The molecule has 0 saturated carbocycles. The molecule has 1 aliphatic rings. The molecule has 8 nitrogen and oxygen atoms in total. The number of thiazole rings is 1. The Bertz CT molecular complexity index is 1730. The van der Waals surface area contributed by atoms with Crippen LogP contribution in [0.4, 0.5) is 18.9 Å². The van der Waals surface area contributed by atoms with Crippen LogP contribution in [0.3, 0.4) is 0 Å². The van der Waals surface area contributed by atoms with Crippen LogP contribution < -0.4 is 4.90 Å². The lowest BCUT2D eigenvalue weighted by molar-refractivity contribution is -0.137. The predicted molar refractivity (Wildman–Crippen MR) is 161 cm³/mol. The number of nitrogens with zero attached hydrogens (tertiary/aromatic N) is 7. The zero-order valence-electron chi connectivity index (χ0n) is 23.0. The summed E-state index contributed by atoms with van der Waals surface area (Å²) in [4.78, 5) is 25.5. The average molecular weight is 622 g/mol. The van der Waals surface area contributed by atoms with Gasteiger partial charge >= 0.3 is 6.18 Å². The number of aromatic nitrogens is 5. The number of halogens is 3. The Morgan fingerprint density at radius 1 is 0.977 bits per heavy atom. The lowest BCUT2D eigenvalue weighted by atomic mass is 10.1. The number of para-hydroxylation sites is 1. The van der Waals surface area contributed by atoms with Crippen LogP contribution >= 0.6 is 23.1 Å². The molecule has 6 rings (SSSR count). The summed E-state index contributed by atoms with van der Waals surface area (Å²) >= 11 is 2.90. The van der Waals surface area contributed by atoms with E-state index < -0.39 is 11.7 Å². The Morgan fingerprint density at radius 2 is 1.74 bits per heavy atom. The number of piperazine rings is 1. The molecule has 0 N–H and O–H groups in total. The number of pyridine rings is 1. The van der Waals surface area contributed by atoms with Gasteiger partial charge in [0.1, 0.15) is 10.7 Å². The van der Waals surface area contributed by atoms with Crippen LogP contribution in [0.1, 0.15) is 26.6 Å². The molecule has 0 spiro atoms. The second-order valence-electron chi connectivity index (χ2n) is 9.91. The van der Waals surface area contributed by atoms with Gasteiger partial charge in [-0.25, -0.2) is 4.98 Å². The van der Waals surface area contributed by atoms with E-state index in [4.69, 9.17) is 0 Å². The van der Waals surface area contributed by atoms with Crippen molar-refractivity contribution in [3.63, 3.8) is 0 Å². The Hall–Kier alpha value is -4.23. The number of hydrogen-bond acceptors (Lipinski definition) is 8. The fourth-order valence-corrected chi connectivity index (χ4v) is 6.62. The van der Waals surface area contributed by atoms with Crippen LogP contribution in [0.15, 0.2) is 83.6 Å². The summed E-state index contributed by atoms with van der Waals surface area (Å²) in [7, 11) is 0. The number of carbonyl (C=O) groups excluding carboxylic acids is 1. The van der Waals surface area contributed by atoms with Crippen LogP contribution in [-0.2, 0) is 11.9 Å². The van der Waals surface area contributed by atoms with Crippen molar-refractivity contribution in [2.45, 2.75) is 24.0 Å². The van der Waals surface area contributed by atoms with Gasteiger partial charge in [-0.3, -0.25) is 14.3 Å². The van der Waals surface area contributed by atoms with E-state index in [1.165, 1.54) is 29.2 Å². The Balaban J connectivity index is 1.12. The van der Waals surface area contributed by atoms with E-state index in [-0.39, 0.29) is 5.91 Å². The number of carbonyl (C=O) groups is 1. The summed E-state index contributed by atoms with van der Waals surface area (Å²) in [6, 6.07) is 17.1. The van der Waals surface area contributed by atoms with Crippen LogP contribution in [-0.4, -0.2) is 61.7 Å². The van der Waals surface area contributed by atoms with E-state index in [0.29, 0.717) is 54.3 Å². The third-order valence-corrected chi connectivity index (χ3v) is 9.10. The van der Waals surface area contributed by atoms with Crippen LogP contribution in [0.2, 0.25) is 0 Å². The van der Waals surface area contributed by atoms with Crippen molar-refractivity contribution in [1.82, 2.24) is 29.6 Å². The quantitative estimate of drug-likeness (QED) is 0.196. The van der Waals surface area contributed by atoms with E-state index in [1.54, 1.807) is 28.7 Å². The lowest BCUT2D eigenvalue weighted by Crippen LogP contribution is -2.49. The summed E-state index contributed by atoms with van der Waals surface area (Å²) < 4.78 is 41.4. The molecule has 0 unspecified atom stereocenters. The molecule has 13 heteroatoms. The SMILES string of the molecule is Cc1ccccc1-n1c(SCc2nc(C(=O)N3CCN(c4cccc(C(F)(F)F)c4)CC3)cs2)nnc1-c1ccncc1. The molecule has 3 aromatic heterocycles. The van der Waals surface area contributed by atoms with Gasteiger partial charge in [-0.15, -0.1) is 21.5 Å². The molecule has 1 amide bonds. The minimum atomic E-state index is -4.40. The second kappa shape index (κ2) is 12.2. The number of alkyl halides is 3. The van der Waals surface area contributed by atoms with Gasteiger partial charge in [0.25, 0.3) is 5.91 Å². The van der Waals surface area contributed by atoms with Gasteiger partial charge in [0.15, 0.2) is 11.0 Å². The molecular weight excluding hydrogens is 596 g/mol. The Labute approximate surface area is 254 Å². The Kier molecular flexibility index (Phi) is 8.17. The standard InChI is InChI=1S/C30H26F3N7OS2/c1-20-5-2-3-8-25(20)40-27(21-9-11-34-12-10-21)36-37-29(40)43-19-26-35-24(18-42-26)28(41)39-15-13-38(14-16-39)23-7-4-6-22(17-23)30(31,32)33/h2-12,17-18H,13-16,19H2,1H3. The van der Waals surface area contributed by atoms with Crippen molar-refractivity contribution >= 4 is 34.7 Å². The van der Waals surface area contributed by atoms with Gasteiger partial charge in [-0.05, 0) is 48.9 Å². The average Bonchev–Trinajstić information content (AvgIpc) is 3.68. The first-order chi connectivity index (χ1) is 20.8. The number of thioether (sulfide) groups is 1. The zero-order chi connectivity index (χ0) is 30.0. The van der Waals surface area contributed by atoms with E-state index in [2.05, 4.69) is 20.2 Å². The minimum Gasteiger partial charge on any atom is -0.368 e. The van der Waals surface area contributed by atoms with Gasteiger partial charge in [-0.1, -0.05) is 36.0 Å². The normalized spacial score (nSPS) is 13.9. The fourth-order valence-electron chi connectivity index (χ4n) is 4.89. The van der Waals surface area contributed by atoms with Crippen molar-refractivity contribution in [3.05, 3.63) is 100 Å². The summed E-state index contributed by atoms with van der Waals surface area (Å²) in [5, 5.41) is 12.2. The molecule has 43 heavy (non-hydrogen) atoms. The largest absolute Gasteiger partial charge is 0.416 e. The molecule has 0 aliphatic carbocycles. The van der Waals surface area contributed by atoms with Crippen molar-refractivity contribution in [1.29, 1.82) is 0 Å². The van der Waals surface area contributed by atoms with Gasteiger partial charge in [0.2, 0.25) is 0 Å². The highest BCUT2D eigenvalue weighted by Crippen LogP contribution is 2.33. The number of anilines is 1. The molecule has 1 saturated heterocycles. The van der Waals surface area contributed by atoms with Crippen LogP contribution in [0, 0.1) is 6.92 Å². The number of amides is 1. The highest BCUT2D eigenvalue weighted by Gasteiger charge is 2.31. The highest BCUT2D eigenvalue weighted by atomic mass is 32.2. The monoisotopic (exact) mass is 621 g/mol. The summed E-state index contributed by atoms with van der Waals surface area (Å²) in [6.45, 7) is 3.71. The Morgan fingerprint density at radius 3 is 2.49 bits per heavy atom. The van der Waals surface area contributed by atoms with Crippen LogP contribution in [0.25, 0.3) is 17.1 Å². The summed E-state index contributed by atoms with van der Waals surface area (Å²) in [5.74, 6) is 1.03. The second-order valence-corrected chi connectivity index (χ2v) is 11.8. The molecule has 0 bridgehead atoms.